The number of rotatable bonds is 8. The lowest BCUT2D eigenvalue weighted by molar-refractivity contribution is 0.190. The minimum Gasteiger partial charge on any atom is -0.489 e. The van der Waals surface area contributed by atoms with Crippen molar-refractivity contribution in [1.82, 2.24) is 10.2 Å². The maximum absolute atomic E-state index is 6.35. The molecular weight excluding hydrogens is 416 g/mol. The van der Waals surface area contributed by atoms with Crippen LogP contribution in [-0.2, 0) is 19.7 Å². The van der Waals surface area contributed by atoms with Crippen LogP contribution in [0.2, 0.25) is 0 Å². The third kappa shape index (κ3) is 5.67. The second kappa shape index (κ2) is 10.9. The fourth-order valence-electron chi connectivity index (χ4n) is 4.86. The standard InChI is InChI=1S/C31H34N2O/c1-24-11-13-26(14-12-24)23-34-31-16-15-27-9-5-6-10-29(27)30(31)21-32-28-17-19-33(20-18-28)22-25-7-3-2-4-8-25/h2-16,28,32H,17-23H2,1H3. The Kier molecular flexibility index (Phi) is 7.23. The van der Waals surface area contributed by atoms with Gasteiger partial charge in [-0.3, -0.25) is 4.90 Å². The van der Waals surface area contributed by atoms with Crippen molar-refractivity contribution in [2.45, 2.75) is 45.5 Å². The molecule has 1 fully saturated rings. The van der Waals surface area contributed by atoms with Gasteiger partial charge in [0.05, 0.1) is 0 Å². The van der Waals surface area contributed by atoms with Gasteiger partial charge >= 0.3 is 0 Å². The zero-order valence-electron chi connectivity index (χ0n) is 20.0. The number of benzene rings is 4. The molecule has 0 unspecified atom stereocenters. The van der Waals surface area contributed by atoms with E-state index < -0.39 is 0 Å². The fourth-order valence-corrected chi connectivity index (χ4v) is 4.86. The average molecular weight is 451 g/mol. The quantitative estimate of drug-likeness (QED) is 0.332. The third-order valence-electron chi connectivity index (χ3n) is 6.92. The Balaban J connectivity index is 1.23. The van der Waals surface area contributed by atoms with E-state index in [-0.39, 0.29) is 0 Å². The van der Waals surface area contributed by atoms with Gasteiger partial charge in [0.1, 0.15) is 12.4 Å². The maximum Gasteiger partial charge on any atom is 0.124 e. The van der Waals surface area contributed by atoms with Crippen molar-refractivity contribution in [2.24, 2.45) is 0 Å². The van der Waals surface area contributed by atoms with Crippen molar-refractivity contribution in [3.63, 3.8) is 0 Å². The van der Waals surface area contributed by atoms with E-state index in [0.717, 1.165) is 31.9 Å². The highest BCUT2D eigenvalue weighted by Gasteiger charge is 2.20. The summed E-state index contributed by atoms with van der Waals surface area (Å²) >= 11 is 0. The molecule has 0 spiro atoms. The van der Waals surface area contributed by atoms with Crippen molar-refractivity contribution in [3.8, 4) is 5.75 Å². The van der Waals surface area contributed by atoms with E-state index >= 15 is 0 Å². The van der Waals surface area contributed by atoms with Crippen LogP contribution in [0.4, 0.5) is 0 Å². The lowest BCUT2D eigenvalue weighted by Crippen LogP contribution is -2.41. The normalized spacial score (nSPS) is 15.0. The molecule has 1 aliphatic rings. The molecule has 0 amide bonds. The van der Waals surface area contributed by atoms with E-state index in [1.54, 1.807) is 0 Å². The number of fused-ring (bicyclic) bond motifs is 1. The molecule has 1 heterocycles. The molecule has 34 heavy (non-hydrogen) atoms. The minimum atomic E-state index is 0.538. The highest BCUT2D eigenvalue weighted by Crippen LogP contribution is 2.29. The first-order chi connectivity index (χ1) is 16.7. The second-order valence-electron chi connectivity index (χ2n) is 9.45. The summed E-state index contributed by atoms with van der Waals surface area (Å²) in [5.41, 5.74) is 5.13. The predicted octanol–water partition coefficient (Wildman–Crippen LogP) is 6.48. The summed E-state index contributed by atoms with van der Waals surface area (Å²) in [5, 5.41) is 6.39. The molecule has 4 aromatic carbocycles. The molecule has 3 heteroatoms. The van der Waals surface area contributed by atoms with Gasteiger partial charge in [0.25, 0.3) is 0 Å². The first-order valence-corrected chi connectivity index (χ1v) is 12.4. The lowest BCUT2D eigenvalue weighted by atomic mass is 10.0. The van der Waals surface area contributed by atoms with E-state index in [1.807, 2.05) is 0 Å². The Morgan fingerprint density at radius 2 is 1.53 bits per heavy atom. The number of nitrogens with one attached hydrogen (secondary N) is 1. The molecular formula is C31H34N2O. The summed E-state index contributed by atoms with van der Waals surface area (Å²) in [6, 6.07) is 32.9. The Morgan fingerprint density at radius 1 is 0.794 bits per heavy atom. The Bertz CT molecular complexity index is 1200. The number of likely N-dealkylation sites (tertiary alicyclic amines) is 1. The van der Waals surface area contributed by atoms with Gasteiger partial charge in [-0.1, -0.05) is 90.5 Å². The van der Waals surface area contributed by atoms with Gasteiger partial charge in [-0.05, 0) is 60.8 Å². The van der Waals surface area contributed by atoms with Crippen LogP contribution in [-0.4, -0.2) is 24.0 Å². The van der Waals surface area contributed by atoms with Crippen LogP contribution in [0.15, 0.2) is 91.0 Å². The number of hydrogen-bond acceptors (Lipinski definition) is 3. The summed E-state index contributed by atoms with van der Waals surface area (Å²) in [7, 11) is 0. The van der Waals surface area contributed by atoms with Gasteiger partial charge in [0, 0.05) is 24.7 Å². The van der Waals surface area contributed by atoms with E-state index in [0.29, 0.717) is 12.6 Å². The van der Waals surface area contributed by atoms with Gasteiger partial charge in [-0.15, -0.1) is 0 Å². The summed E-state index contributed by atoms with van der Waals surface area (Å²) in [6.45, 7) is 6.85. The topological polar surface area (TPSA) is 24.5 Å². The molecule has 1 saturated heterocycles. The molecule has 0 saturated carbocycles. The molecule has 0 bridgehead atoms. The Morgan fingerprint density at radius 3 is 2.32 bits per heavy atom. The van der Waals surface area contributed by atoms with Gasteiger partial charge in [-0.2, -0.15) is 0 Å². The van der Waals surface area contributed by atoms with Crippen LogP contribution in [0.1, 0.15) is 35.1 Å². The van der Waals surface area contributed by atoms with Crippen LogP contribution < -0.4 is 10.1 Å². The zero-order valence-corrected chi connectivity index (χ0v) is 20.0. The smallest absolute Gasteiger partial charge is 0.124 e. The molecule has 0 aliphatic carbocycles. The molecule has 4 aromatic rings. The van der Waals surface area contributed by atoms with Crippen LogP contribution in [0.25, 0.3) is 10.8 Å². The van der Waals surface area contributed by atoms with Gasteiger partial charge in [0.2, 0.25) is 0 Å². The molecule has 5 rings (SSSR count). The third-order valence-corrected chi connectivity index (χ3v) is 6.92. The van der Waals surface area contributed by atoms with Crippen molar-refractivity contribution in [2.75, 3.05) is 13.1 Å². The maximum atomic E-state index is 6.35. The summed E-state index contributed by atoms with van der Waals surface area (Å²) in [6.07, 6.45) is 2.36. The van der Waals surface area contributed by atoms with E-state index in [2.05, 4.69) is 108 Å². The minimum absolute atomic E-state index is 0.538. The average Bonchev–Trinajstić information content (AvgIpc) is 2.89. The first kappa shape index (κ1) is 22.6. The lowest BCUT2D eigenvalue weighted by Gasteiger charge is -2.32. The van der Waals surface area contributed by atoms with Crippen molar-refractivity contribution >= 4 is 10.8 Å². The summed E-state index contributed by atoms with van der Waals surface area (Å²) in [5.74, 6) is 0.980. The number of piperidine rings is 1. The van der Waals surface area contributed by atoms with Crippen molar-refractivity contribution in [3.05, 3.63) is 113 Å². The monoisotopic (exact) mass is 450 g/mol. The number of aryl methyl sites for hydroxylation is 1. The highest BCUT2D eigenvalue weighted by atomic mass is 16.5. The van der Waals surface area contributed by atoms with Crippen LogP contribution >= 0.6 is 0 Å². The summed E-state index contributed by atoms with van der Waals surface area (Å²) < 4.78 is 6.35. The largest absolute Gasteiger partial charge is 0.489 e. The molecule has 0 radical (unpaired) electrons. The zero-order chi connectivity index (χ0) is 23.2. The van der Waals surface area contributed by atoms with Gasteiger partial charge in [0.15, 0.2) is 0 Å². The Hall–Kier alpha value is -3.14. The van der Waals surface area contributed by atoms with Gasteiger partial charge in [-0.25, -0.2) is 0 Å². The van der Waals surface area contributed by atoms with Crippen molar-refractivity contribution in [1.29, 1.82) is 0 Å². The van der Waals surface area contributed by atoms with E-state index in [9.17, 15) is 0 Å². The van der Waals surface area contributed by atoms with Crippen LogP contribution in [0.5, 0.6) is 5.75 Å². The number of hydrogen-bond donors (Lipinski definition) is 1. The second-order valence-corrected chi connectivity index (χ2v) is 9.45. The van der Waals surface area contributed by atoms with Gasteiger partial charge < -0.3 is 10.1 Å². The number of nitrogens with zero attached hydrogens (tertiary/aromatic N) is 1. The highest BCUT2D eigenvalue weighted by molar-refractivity contribution is 5.87. The molecule has 3 nitrogen and oxygen atoms in total. The van der Waals surface area contributed by atoms with E-state index in [4.69, 9.17) is 4.74 Å². The molecule has 1 N–H and O–H groups in total. The molecule has 0 atom stereocenters. The molecule has 1 aliphatic heterocycles. The SMILES string of the molecule is Cc1ccc(COc2ccc3ccccc3c2CNC2CCN(Cc3ccccc3)CC2)cc1. The van der Waals surface area contributed by atoms with Crippen LogP contribution in [0.3, 0.4) is 0 Å². The molecule has 0 aromatic heterocycles. The Labute approximate surface area is 203 Å². The van der Waals surface area contributed by atoms with E-state index in [1.165, 1.54) is 45.9 Å². The predicted molar refractivity (Wildman–Crippen MR) is 141 cm³/mol. The van der Waals surface area contributed by atoms with Crippen molar-refractivity contribution < 1.29 is 4.74 Å². The first-order valence-electron chi connectivity index (χ1n) is 12.4. The summed E-state index contributed by atoms with van der Waals surface area (Å²) in [4.78, 5) is 2.57. The van der Waals surface area contributed by atoms with Crippen LogP contribution in [0, 0.1) is 6.92 Å². The molecule has 174 valence electrons. The number of ether oxygens (including phenoxy) is 1. The fraction of sp³-hybridized carbons (Fsp3) is 0.290.